The van der Waals surface area contributed by atoms with Crippen molar-refractivity contribution < 1.29 is 14.7 Å². The van der Waals surface area contributed by atoms with E-state index in [1.807, 2.05) is 24.3 Å². The number of halogens is 2. The van der Waals surface area contributed by atoms with Gasteiger partial charge in [-0.05, 0) is 41.0 Å². The lowest BCUT2D eigenvalue weighted by Crippen LogP contribution is -2.48. The Morgan fingerprint density at radius 1 is 1.06 bits per heavy atom. The number of phenols is 1. The molecule has 0 fully saturated rings. The lowest BCUT2D eigenvalue weighted by molar-refractivity contribution is -0.123. The highest BCUT2D eigenvalue weighted by Gasteiger charge is 2.25. The van der Waals surface area contributed by atoms with E-state index in [2.05, 4.69) is 15.8 Å². The summed E-state index contributed by atoms with van der Waals surface area (Å²) in [6.07, 6.45) is 1.38. The van der Waals surface area contributed by atoms with Crippen LogP contribution < -0.4 is 10.7 Å². The molecule has 3 N–H and O–H groups in total. The van der Waals surface area contributed by atoms with Gasteiger partial charge in [-0.15, -0.1) is 0 Å². The number of carbonyl (C=O) groups is 2. The summed E-state index contributed by atoms with van der Waals surface area (Å²) in [6.45, 7) is 3.60. The molecule has 0 saturated heterocycles. The first kappa shape index (κ1) is 22.6. The third kappa shape index (κ3) is 5.34. The number of fused-ring (bicyclic) bond motifs is 1. The highest BCUT2D eigenvalue weighted by Crippen LogP contribution is 2.25. The zero-order valence-corrected chi connectivity index (χ0v) is 18.4. The number of benzene rings is 3. The fraction of sp³-hybridized carbons (Fsp3) is 0.174. The largest absolute Gasteiger partial charge is 0.507 e. The third-order valence-electron chi connectivity index (χ3n) is 4.73. The number of hydrazone groups is 1. The van der Waals surface area contributed by atoms with E-state index < -0.39 is 17.9 Å². The molecule has 0 aliphatic carbocycles. The average molecular weight is 458 g/mol. The number of phenolic OH excluding ortho intramolecular Hbond substituents is 1. The predicted molar refractivity (Wildman–Crippen MR) is 124 cm³/mol. The number of amides is 2. The maximum absolute atomic E-state index is 12.7. The second-order valence-corrected chi connectivity index (χ2v) is 8.12. The summed E-state index contributed by atoms with van der Waals surface area (Å²) in [5.74, 6) is -1.16. The lowest BCUT2D eigenvalue weighted by atomic mass is 10.0. The van der Waals surface area contributed by atoms with Crippen molar-refractivity contribution in [2.24, 2.45) is 11.0 Å². The van der Waals surface area contributed by atoms with Crippen LogP contribution in [0.2, 0.25) is 10.0 Å². The molecule has 6 nitrogen and oxygen atoms in total. The minimum Gasteiger partial charge on any atom is -0.507 e. The summed E-state index contributed by atoms with van der Waals surface area (Å²) in [4.78, 5) is 25.3. The first-order chi connectivity index (χ1) is 14.8. The molecule has 0 saturated carbocycles. The topological polar surface area (TPSA) is 90.8 Å². The minimum atomic E-state index is -0.850. The van der Waals surface area contributed by atoms with E-state index in [1.54, 1.807) is 32.0 Å². The minimum absolute atomic E-state index is 0.0443. The Balaban J connectivity index is 1.74. The summed E-state index contributed by atoms with van der Waals surface area (Å²) in [5, 5.41) is 19.2. The molecule has 0 bridgehead atoms. The van der Waals surface area contributed by atoms with Gasteiger partial charge in [-0.25, -0.2) is 5.43 Å². The second kappa shape index (κ2) is 9.81. The number of carbonyl (C=O) groups excluding carboxylic acids is 2. The van der Waals surface area contributed by atoms with E-state index in [9.17, 15) is 14.7 Å². The quantitative estimate of drug-likeness (QED) is 0.368. The van der Waals surface area contributed by atoms with Gasteiger partial charge in [0.25, 0.3) is 11.8 Å². The van der Waals surface area contributed by atoms with Crippen molar-refractivity contribution >= 4 is 52.0 Å². The molecule has 8 heteroatoms. The van der Waals surface area contributed by atoms with E-state index in [0.29, 0.717) is 10.6 Å². The molecule has 2 amide bonds. The highest BCUT2D eigenvalue weighted by atomic mass is 35.5. The van der Waals surface area contributed by atoms with Gasteiger partial charge in [0.15, 0.2) is 0 Å². The molecule has 0 spiro atoms. The van der Waals surface area contributed by atoms with Crippen LogP contribution in [-0.4, -0.2) is 29.2 Å². The molecule has 0 aromatic heterocycles. The summed E-state index contributed by atoms with van der Waals surface area (Å²) < 4.78 is 0. The molecule has 0 aliphatic heterocycles. The molecular weight excluding hydrogens is 437 g/mol. The van der Waals surface area contributed by atoms with Crippen molar-refractivity contribution in [1.29, 1.82) is 0 Å². The molecule has 3 rings (SSSR count). The monoisotopic (exact) mass is 457 g/mol. The zero-order chi connectivity index (χ0) is 22.5. The van der Waals surface area contributed by atoms with Gasteiger partial charge in [0.05, 0.1) is 16.8 Å². The zero-order valence-electron chi connectivity index (χ0n) is 16.9. The van der Waals surface area contributed by atoms with Crippen LogP contribution in [0.4, 0.5) is 0 Å². The Morgan fingerprint density at radius 2 is 1.81 bits per heavy atom. The van der Waals surface area contributed by atoms with E-state index in [1.165, 1.54) is 18.3 Å². The van der Waals surface area contributed by atoms with Crippen molar-refractivity contribution in [3.63, 3.8) is 0 Å². The van der Waals surface area contributed by atoms with Crippen LogP contribution in [0.15, 0.2) is 59.7 Å². The summed E-state index contributed by atoms with van der Waals surface area (Å²) in [7, 11) is 0. The average Bonchev–Trinajstić information content (AvgIpc) is 2.73. The molecule has 0 radical (unpaired) electrons. The number of nitrogens with zero attached hydrogens (tertiary/aromatic N) is 1. The Morgan fingerprint density at radius 3 is 2.52 bits per heavy atom. The van der Waals surface area contributed by atoms with Crippen molar-refractivity contribution in [2.45, 2.75) is 19.9 Å². The van der Waals surface area contributed by atoms with Crippen LogP contribution in [0.3, 0.4) is 0 Å². The molecular formula is C23H21Cl2N3O3. The van der Waals surface area contributed by atoms with Gasteiger partial charge in [-0.2, -0.15) is 5.10 Å². The molecule has 3 aromatic rings. The molecule has 1 unspecified atom stereocenters. The first-order valence-electron chi connectivity index (χ1n) is 9.57. The Hall–Kier alpha value is -3.09. The van der Waals surface area contributed by atoms with Crippen molar-refractivity contribution in [1.82, 2.24) is 10.7 Å². The fourth-order valence-electron chi connectivity index (χ4n) is 3.08. The summed E-state index contributed by atoms with van der Waals surface area (Å²) in [5.41, 5.74) is 3.13. The van der Waals surface area contributed by atoms with Gasteiger partial charge in [0, 0.05) is 10.6 Å². The van der Waals surface area contributed by atoms with Gasteiger partial charge >= 0.3 is 0 Å². The van der Waals surface area contributed by atoms with Crippen LogP contribution in [0.25, 0.3) is 10.8 Å². The van der Waals surface area contributed by atoms with Crippen LogP contribution >= 0.6 is 23.2 Å². The number of hydrogen-bond donors (Lipinski definition) is 3. The summed E-state index contributed by atoms with van der Waals surface area (Å²) >= 11 is 12.0. The Kier molecular flexibility index (Phi) is 7.15. The lowest BCUT2D eigenvalue weighted by Gasteiger charge is -2.20. The maximum atomic E-state index is 12.7. The van der Waals surface area contributed by atoms with Crippen LogP contribution in [0.5, 0.6) is 5.75 Å². The number of aromatic hydroxyl groups is 1. The van der Waals surface area contributed by atoms with E-state index in [-0.39, 0.29) is 22.3 Å². The van der Waals surface area contributed by atoms with Gasteiger partial charge in [-0.3, -0.25) is 9.59 Å². The molecule has 0 aliphatic rings. The number of hydrogen-bond acceptors (Lipinski definition) is 4. The SMILES string of the molecule is CC(C)C(NC(=O)c1ccc(Cl)cc1Cl)C(=O)NN=Cc1c(O)ccc2ccccc12. The van der Waals surface area contributed by atoms with E-state index in [4.69, 9.17) is 23.2 Å². The van der Waals surface area contributed by atoms with Gasteiger partial charge in [0.1, 0.15) is 11.8 Å². The van der Waals surface area contributed by atoms with Crippen molar-refractivity contribution in [2.75, 3.05) is 0 Å². The van der Waals surface area contributed by atoms with Crippen molar-refractivity contribution in [3.8, 4) is 5.75 Å². The number of nitrogens with one attached hydrogen (secondary N) is 2. The van der Waals surface area contributed by atoms with E-state index >= 15 is 0 Å². The normalized spacial score (nSPS) is 12.3. The van der Waals surface area contributed by atoms with Crippen LogP contribution in [-0.2, 0) is 4.79 Å². The predicted octanol–water partition coefficient (Wildman–Crippen LogP) is 4.76. The fourth-order valence-corrected chi connectivity index (χ4v) is 3.57. The van der Waals surface area contributed by atoms with Crippen LogP contribution in [0, 0.1) is 5.92 Å². The molecule has 1 atom stereocenters. The Bertz CT molecular complexity index is 1160. The highest BCUT2D eigenvalue weighted by molar-refractivity contribution is 6.36. The van der Waals surface area contributed by atoms with Crippen LogP contribution in [0.1, 0.15) is 29.8 Å². The molecule has 0 heterocycles. The maximum Gasteiger partial charge on any atom is 0.262 e. The Labute approximate surface area is 189 Å². The molecule has 160 valence electrons. The van der Waals surface area contributed by atoms with E-state index in [0.717, 1.165) is 10.8 Å². The third-order valence-corrected chi connectivity index (χ3v) is 5.28. The smallest absolute Gasteiger partial charge is 0.262 e. The van der Waals surface area contributed by atoms with Crippen molar-refractivity contribution in [3.05, 3.63) is 75.8 Å². The van der Waals surface area contributed by atoms with Gasteiger partial charge in [-0.1, -0.05) is 67.4 Å². The van der Waals surface area contributed by atoms with Gasteiger partial charge < -0.3 is 10.4 Å². The number of rotatable bonds is 6. The first-order valence-corrected chi connectivity index (χ1v) is 10.3. The molecule has 3 aromatic carbocycles. The standard InChI is InChI=1S/C23H21Cl2N3O3/c1-13(2)21(27-22(30)17-9-8-15(24)11-19(17)25)23(31)28-26-12-18-16-6-4-3-5-14(16)7-10-20(18)29/h3-13,21,29H,1-2H3,(H,27,30)(H,28,31). The second-order valence-electron chi connectivity index (χ2n) is 7.27. The molecule has 31 heavy (non-hydrogen) atoms. The van der Waals surface area contributed by atoms with Gasteiger partial charge in [0.2, 0.25) is 0 Å². The summed E-state index contributed by atoms with van der Waals surface area (Å²) in [6, 6.07) is 14.5.